The highest BCUT2D eigenvalue weighted by molar-refractivity contribution is 6.34. The van der Waals surface area contributed by atoms with Gasteiger partial charge >= 0.3 is 5.97 Å². The second-order valence-electron chi connectivity index (χ2n) is 5.06. The average molecular weight is 297 g/mol. The van der Waals surface area contributed by atoms with Crippen LogP contribution in [0.5, 0.6) is 0 Å². The normalized spacial score (nSPS) is 16.1. The van der Waals surface area contributed by atoms with Gasteiger partial charge in [-0.1, -0.05) is 11.6 Å². The van der Waals surface area contributed by atoms with Crippen LogP contribution in [0.1, 0.15) is 29.6 Å². The Bertz CT molecular complexity index is 525. The molecule has 1 aliphatic heterocycles. The number of carboxylic acid groups (broad SMARTS) is 1. The fraction of sp³-hybridized carbons (Fsp3) is 0.429. The number of aliphatic carboxylic acids is 1. The molecule has 0 bridgehead atoms. The predicted molar refractivity (Wildman–Crippen MR) is 77.2 cm³/mol. The summed E-state index contributed by atoms with van der Waals surface area (Å²) in [6.07, 6.45) is 1.93. The van der Waals surface area contributed by atoms with Gasteiger partial charge in [-0.2, -0.15) is 0 Å². The van der Waals surface area contributed by atoms with E-state index in [-0.39, 0.29) is 12.3 Å². The van der Waals surface area contributed by atoms with E-state index in [1.54, 1.807) is 12.1 Å². The Morgan fingerprint density at radius 2 is 2.00 bits per heavy atom. The molecule has 1 aliphatic rings. The topological polar surface area (TPSA) is 83.6 Å². The molecule has 20 heavy (non-hydrogen) atoms. The average Bonchev–Trinajstić information content (AvgIpc) is 2.38. The van der Waals surface area contributed by atoms with E-state index in [2.05, 4.69) is 4.90 Å². The molecule has 0 unspecified atom stereocenters. The van der Waals surface area contributed by atoms with E-state index in [1.807, 2.05) is 6.07 Å². The maximum Gasteiger partial charge on any atom is 0.303 e. The number of hydrogen-bond donors (Lipinski definition) is 2. The third kappa shape index (κ3) is 3.42. The number of halogens is 1. The van der Waals surface area contributed by atoms with Crippen molar-refractivity contribution in [1.82, 2.24) is 0 Å². The van der Waals surface area contributed by atoms with Gasteiger partial charge < -0.3 is 15.7 Å². The minimum absolute atomic E-state index is 0.231. The molecular weight excluding hydrogens is 280 g/mol. The highest BCUT2D eigenvalue weighted by atomic mass is 35.5. The molecule has 1 aromatic carbocycles. The van der Waals surface area contributed by atoms with Gasteiger partial charge in [0.15, 0.2) is 0 Å². The molecule has 0 atom stereocenters. The van der Waals surface area contributed by atoms with Crippen molar-refractivity contribution in [2.24, 2.45) is 11.7 Å². The molecule has 6 heteroatoms. The molecule has 3 N–H and O–H groups in total. The summed E-state index contributed by atoms with van der Waals surface area (Å²) in [7, 11) is 0. The highest BCUT2D eigenvalue weighted by Crippen LogP contribution is 2.28. The number of nitrogens with two attached hydrogens (primary N) is 1. The summed E-state index contributed by atoms with van der Waals surface area (Å²) in [5.41, 5.74) is 6.47. The van der Waals surface area contributed by atoms with Crippen LogP contribution in [0.4, 0.5) is 5.69 Å². The minimum Gasteiger partial charge on any atom is -0.481 e. The smallest absolute Gasteiger partial charge is 0.303 e. The quantitative estimate of drug-likeness (QED) is 0.891. The number of carbonyl (C=O) groups is 2. The second kappa shape index (κ2) is 6.13. The van der Waals surface area contributed by atoms with Crippen molar-refractivity contribution in [1.29, 1.82) is 0 Å². The lowest BCUT2D eigenvalue weighted by atomic mass is 9.93. The van der Waals surface area contributed by atoms with Crippen LogP contribution < -0.4 is 10.6 Å². The minimum atomic E-state index is -0.739. The maximum absolute atomic E-state index is 11.1. The lowest BCUT2D eigenvalue weighted by Crippen LogP contribution is -2.34. The van der Waals surface area contributed by atoms with E-state index in [1.165, 1.54) is 0 Å². The first-order valence-corrected chi connectivity index (χ1v) is 6.91. The van der Waals surface area contributed by atoms with Gasteiger partial charge in [-0.3, -0.25) is 9.59 Å². The van der Waals surface area contributed by atoms with Gasteiger partial charge in [0.25, 0.3) is 0 Å². The molecule has 0 spiro atoms. The zero-order valence-corrected chi connectivity index (χ0v) is 11.8. The summed E-state index contributed by atoms with van der Waals surface area (Å²) in [6.45, 7) is 1.59. The zero-order valence-electron chi connectivity index (χ0n) is 11.0. The number of carbonyl (C=O) groups excluding carboxylic acids is 1. The molecule has 1 amide bonds. The van der Waals surface area contributed by atoms with Gasteiger partial charge in [0.1, 0.15) is 0 Å². The number of nitrogens with zero attached hydrogens (tertiary/aromatic N) is 1. The van der Waals surface area contributed by atoms with E-state index in [9.17, 15) is 9.59 Å². The first-order chi connectivity index (χ1) is 9.47. The fourth-order valence-corrected chi connectivity index (χ4v) is 2.81. The summed E-state index contributed by atoms with van der Waals surface area (Å²) < 4.78 is 0. The van der Waals surface area contributed by atoms with E-state index in [0.29, 0.717) is 10.6 Å². The lowest BCUT2D eigenvalue weighted by Gasteiger charge is -2.33. The van der Waals surface area contributed by atoms with E-state index < -0.39 is 11.9 Å². The molecular formula is C14H17ClN2O3. The fourth-order valence-electron chi connectivity index (χ4n) is 2.54. The number of amides is 1. The van der Waals surface area contributed by atoms with Crippen molar-refractivity contribution in [3.05, 3.63) is 28.8 Å². The summed E-state index contributed by atoms with van der Waals surface area (Å²) in [6, 6.07) is 5.19. The molecule has 108 valence electrons. The van der Waals surface area contributed by atoms with Gasteiger partial charge in [0.2, 0.25) is 5.91 Å². The molecule has 5 nitrogen and oxygen atoms in total. The van der Waals surface area contributed by atoms with Gasteiger partial charge in [0, 0.05) is 25.2 Å². The third-order valence-corrected chi connectivity index (χ3v) is 3.97. The molecule has 0 aromatic heterocycles. The summed E-state index contributed by atoms with van der Waals surface area (Å²) in [5, 5.41) is 9.14. The summed E-state index contributed by atoms with van der Waals surface area (Å²) in [4.78, 5) is 24.0. The Balaban J connectivity index is 2.02. The van der Waals surface area contributed by atoms with Crippen molar-refractivity contribution in [2.75, 3.05) is 18.0 Å². The second-order valence-corrected chi connectivity index (χ2v) is 5.46. The molecule has 0 saturated carbocycles. The van der Waals surface area contributed by atoms with Crippen LogP contribution in [-0.4, -0.2) is 30.1 Å². The third-order valence-electron chi connectivity index (χ3n) is 3.66. The van der Waals surface area contributed by atoms with Crippen molar-refractivity contribution < 1.29 is 14.7 Å². The van der Waals surface area contributed by atoms with Crippen molar-refractivity contribution in [3.63, 3.8) is 0 Å². The SMILES string of the molecule is NC(=O)c1ccc(N2CCC(CC(=O)O)CC2)cc1Cl. The maximum atomic E-state index is 11.1. The van der Waals surface area contributed by atoms with Crippen LogP contribution in [0.25, 0.3) is 0 Å². The summed E-state index contributed by atoms with van der Waals surface area (Å²) >= 11 is 6.04. The number of primary amides is 1. The molecule has 2 rings (SSSR count). The number of hydrogen-bond acceptors (Lipinski definition) is 3. The first-order valence-electron chi connectivity index (χ1n) is 6.53. The molecule has 1 heterocycles. The Labute approximate surface area is 122 Å². The Morgan fingerprint density at radius 3 is 2.50 bits per heavy atom. The van der Waals surface area contributed by atoms with Crippen LogP contribution >= 0.6 is 11.6 Å². The Morgan fingerprint density at radius 1 is 1.35 bits per heavy atom. The number of rotatable bonds is 4. The standard InChI is InChI=1S/C14H17ClN2O3/c15-12-8-10(1-2-11(12)14(16)20)17-5-3-9(4-6-17)7-13(18)19/h1-2,8-9H,3-7H2,(H2,16,20)(H,18,19). The lowest BCUT2D eigenvalue weighted by molar-refractivity contribution is -0.138. The summed E-state index contributed by atoms with van der Waals surface area (Å²) in [5.74, 6) is -1.04. The van der Waals surface area contributed by atoms with E-state index >= 15 is 0 Å². The number of benzene rings is 1. The Hall–Kier alpha value is -1.75. The van der Waals surface area contributed by atoms with Crippen LogP contribution in [-0.2, 0) is 4.79 Å². The molecule has 1 saturated heterocycles. The molecule has 0 radical (unpaired) electrons. The van der Waals surface area contributed by atoms with Gasteiger partial charge in [-0.15, -0.1) is 0 Å². The van der Waals surface area contributed by atoms with Crippen LogP contribution in [0.2, 0.25) is 5.02 Å². The van der Waals surface area contributed by atoms with Crippen LogP contribution in [0.3, 0.4) is 0 Å². The van der Waals surface area contributed by atoms with Crippen LogP contribution in [0, 0.1) is 5.92 Å². The van der Waals surface area contributed by atoms with Crippen molar-refractivity contribution >= 4 is 29.2 Å². The predicted octanol–water partition coefficient (Wildman–Crippen LogP) is 2.13. The molecule has 1 aromatic rings. The van der Waals surface area contributed by atoms with E-state index in [0.717, 1.165) is 31.6 Å². The molecule has 1 fully saturated rings. The number of anilines is 1. The van der Waals surface area contributed by atoms with Crippen LogP contribution in [0.15, 0.2) is 18.2 Å². The monoisotopic (exact) mass is 296 g/mol. The van der Waals surface area contributed by atoms with Crippen molar-refractivity contribution in [3.8, 4) is 0 Å². The Kier molecular flexibility index (Phi) is 4.49. The van der Waals surface area contributed by atoms with Crippen molar-refractivity contribution in [2.45, 2.75) is 19.3 Å². The van der Waals surface area contributed by atoms with Gasteiger partial charge in [-0.25, -0.2) is 0 Å². The number of piperidine rings is 1. The molecule has 0 aliphatic carbocycles. The van der Waals surface area contributed by atoms with Gasteiger partial charge in [-0.05, 0) is 37.0 Å². The zero-order chi connectivity index (χ0) is 14.7. The van der Waals surface area contributed by atoms with Gasteiger partial charge in [0.05, 0.1) is 10.6 Å². The highest BCUT2D eigenvalue weighted by Gasteiger charge is 2.22. The number of carboxylic acids is 1. The largest absolute Gasteiger partial charge is 0.481 e. The van der Waals surface area contributed by atoms with E-state index in [4.69, 9.17) is 22.4 Å². The first kappa shape index (κ1) is 14.7.